The molecule has 0 unspecified atom stereocenters. The van der Waals surface area contributed by atoms with E-state index in [0.717, 1.165) is 24.1 Å². The zero-order valence-corrected chi connectivity index (χ0v) is 12.9. The summed E-state index contributed by atoms with van der Waals surface area (Å²) in [5.74, 6) is 0.404. The molecule has 0 aromatic carbocycles. The molecule has 0 bridgehead atoms. The van der Waals surface area contributed by atoms with Gasteiger partial charge in [-0.2, -0.15) is 5.10 Å². The van der Waals surface area contributed by atoms with Crippen LogP contribution in [0, 0.1) is 5.92 Å². The first-order valence-corrected chi connectivity index (χ1v) is 8.21. The fourth-order valence-corrected chi connectivity index (χ4v) is 3.36. The van der Waals surface area contributed by atoms with E-state index in [-0.39, 0.29) is 17.9 Å². The first kappa shape index (κ1) is 14.4. The number of amides is 1. The number of anilines is 1. The smallest absolute Gasteiger partial charge is 0.228 e. The Labute approximate surface area is 134 Å². The average molecular weight is 312 g/mol. The number of aliphatic hydroxyl groups is 1. The van der Waals surface area contributed by atoms with Gasteiger partial charge in [0.25, 0.3) is 0 Å². The van der Waals surface area contributed by atoms with E-state index in [1.807, 2.05) is 18.3 Å². The average Bonchev–Trinajstić information content (AvgIpc) is 2.96. The molecule has 2 aromatic rings. The van der Waals surface area contributed by atoms with Gasteiger partial charge in [0.15, 0.2) is 0 Å². The molecule has 2 aliphatic rings. The van der Waals surface area contributed by atoms with Crippen LogP contribution in [0.3, 0.4) is 0 Å². The molecule has 1 saturated carbocycles. The summed E-state index contributed by atoms with van der Waals surface area (Å²) in [4.78, 5) is 16.3. The van der Waals surface area contributed by atoms with Crippen LogP contribution in [0.15, 0.2) is 24.5 Å². The van der Waals surface area contributed by atoms with Crippen LogP contribution < -0.4 is 5.32 Å². The van der Waals surface area contributed by atoms with Gasteiger partial charge < -0.3 is 10.4 Å². The third-order valence-corrected chi connectivity index (χ3v) is 4.79. The lowest BCUT2D eigenvalue weighted by Gasteiger charge is -2.29. The lowest BCUT2D eigenvalue weighted by atomic mass is 9.82. The highest BCUT2D eigenvalue weighted by Gasteiger charge is 2.33. The van der Waals surface area contributed by atoms with E-state index in [1.165, 1.54) is 18.5 Å². The van der Waals surface area contributed by atoms with Crippen molar-refractivity contribution < 1.29 is 9.90 Å². The number of hydrogen-bond acceptors (Lipinski definition) is 4. The number of nitrogens with zero attached hydrogens (tertiary/aromatic N) is 3. The zero-order chi connectivity index (χ0) is 15.8. The maximum absolute atomic E-state index is 12.1. The fraction of sp³-hybridized carbons (Fsp3) is 0.471. The Morgan fingerprint density at radius 1 is 1.35 bits per heavy atom. The summed E-state index contributed by atoms with van der Waals surface area (Å²) in [7, 11) is 0. The summed E-state index contributed by atoms with van der Waals surface area (Å²) in [5.41, 5.74) is 3.43. The Hall–Kier alpha value is -2.21. The number of fused-ring (bicyclic) bond motifs is 1. The SMILES string of the molecule is O=C(Nc1cc(-c2cnn3c2CCCC3)ccn1)C1CC(O)C1. The molecule has 3 heterocycles. The minimum atomic E-state index is -0.330. The van der Waals surface area contributed by atoms with E-state index in [1.54, 1.807) is 6.20 Å². The van der Waals surface area contributed by atoms with Crippen molar-refractivity contribution in [3.8, 4) is 11.1 Å². The summed E-state index contributed by atoms with van der Waals surface area (Å²) >= 11 is 0. The highest BCUT2D eigenvalue weighted by Crippen LogP contribution is 2.30. The highest BCUT2D eigenvalue weighted by atomic mass is 16.3. The van der Waals surface area contributed by atoms with E-state index in [2.05, 4.69) is 20.1 Å². The molecule has 1 aliphatic carbocycles. The van der Waals surface area contributed by atoms with Crippen LogP contribution >= 0.6 is 0 Å². The van der Waals surface area contributed by atoms with E-state index in [0.29, 0.717) is 18.7 Å². The molecule has 6 nitrogen and oxygen atoms in total. The number of aromatic nitrogens is 3. The summed E-state index contributed by atoms with van der Waals surface area (Å²) in [6, 6.07) is 3.86. The van der Waals surface area contributed by atoms with Gasteiger partial charge in [0.1, 0.15) is 5.82 Å². The number of carbonyl (C=O) groups is 1. The molecule has 120 valence electrons. The van der Waals surface area contributed by atoms with Crippen molar-refractivity contribution in [3.63, 3.8) is 0 Å². The third-order valence-electron chi connectivity index (χ3n) is 4.79. The van der Waals surface area contributed by atoms with Crippen LogP contribution in [-0.2, 0) is 17.8 Å². The van der Waals surface area contributed by atoms with Crippen LogP contribution in [0.4, 0.5) is 5.82 Å². The first-order chi connectivity index (χ1) is 11.2. The van der Waals surface area contributed by atoms with Gasteiger partial charge in [-0.15, -0.1) is 0 Å². The van der Waals surface area contributed by atoms with E-state index in [4.69, 9.17) is 0 Å². The molecule has 0 radical (unpaired) electrons. The van der Waals surface area contributed by atoms with Crippen LogP contribution in [0.25, 0.3) is 11.1 Å². The summed E-state index contributed by atoms with van der Waals surface area (Å²) in [5, 5.41) is 16.6. The normalized spacial score (nSPS) is 23.0. The molecule has 1 fully saturated rings. The lowest BCUT2D eigenvalue weighted by molar-refractivity contribution is -0.126. The number of carbonyl (C=O) groups excluding carboxylic acids is 1. The molecule has 2 N–H and O–H groups in total. The van der Waals surface area contributed by atoms with E-state index in [9.17, 15) is 9.90 Å². The Balaban J connectivity index is 1.54. The van der Waals surface area contributed by atoms with Gasteiger partial charge in [-0.05, 0) is 49.8 Å². The maximum Gasteiger partial charge on any atom is 0.228 e. The van der Waals surface area contributed by atoms with Gasteiger partial charge in [0, 0.05) is 29.9 Å². The van der Waals surface area contributed by atoms with Crippen LogP contribution in [-0.4, -0.2) is 31.9 Å². The van der Waals surface area contributed by atoms with Crippen molar-refractivity contribution in [3.05, 3.63) is 30.2 Å². The van der Waals surface area contributed by atoms with Crippen molar-refractivity contribution in [2.75, 3.05) is 5.32 Å². The molecule has 0 spiro atoms. The Morgan fingerprint density at radius 2 is 2.22 bits per heavy atom. The van der Waals surface area contributed by atoms with E-state index < -0.39 is 0 Å². The molecule has 1 aliphatic heterocycles. The van der Waals surface area contributed by atoms with Gasteiger partial charge in [-0.1, -0.05) is 0 Å². The monoisotopic (exact) mass is 312 g/mol. The molecule has 0 saturated heterocycles. The van der Waals surface area contributed by atoms with Gasteiger partial charge in [-0.25, -0.2) is 4.98 Å². The van der Waals surface area contributed by atoms with Gasteiger partial charge in [0.2, 0.25) is 5.91 Å². The quantitative estimate of drug-likeness (QED) is 0.908. The second-order valence-electron chi connectivity index (χ2n) is 6.43. The predicted molar refractivity (Wildman–Crippen MR) is 85.8 cm³/mol. The fourth-order valence-electron chi connectivity index (χ4n) is 3.36. The summed E-state index contributed by atoms with van der Waals surface area (Å²) in [6.07, 6.45) is 7.79. The van der Waals surface area contributed by atoms with Gasteiger partial charge >= 0.3 is 0 Å². The lowest BCUT2D eigenvalue weighted by Crippen LogP contribution is -2.37. The highest BCUT2D eigenvalue weighted by molar-refractivity contribution is 5.92. The van der Waals surface area contributed by atoms with Crippen molar-refractivity contribution in [1.29, 1.82) is 0 Å². The third kappa shape index (κ3) is 2.74. The van der Waals surface area contributed by atoms with Crippen LogP contribution in [0.2, 0.25) is 0 Å². The summed E-state index contributed by atoms with van der Waals surface area (Å²) < 4.78 is 2.08. The number of pyridine rings is 1. The van der Waals surface area contributed by atoms with Crippen LogP contribution in [0.1, 0.15) is 31.4 Å². The Bertz CT molecular complexity index is 734. The molecular weight excluding hydrogens is 292 g/mol. The van der Waals surface area contributed by atoms with Crippen molar-refractivity contribution in [1.82, 2.24) is 14.8 Å². The molecular formula is C17H20N4O2. The number of aliphatic hydroxyl groups excluding tert-OH is 1. The molecule has 2 aromatic heterocycles. The van der Waals surface area contributed by atoms with Crippen molar-refractivity contribution in [2.45, 2.75) is 44.8 Å². The topological polar surface area (TPSA) is 80.0 Å². The predicted octanol–water partition coefficient (Wildman–Crippen LogP) is 1.99. The van der Waals surface area contributed by atoms with Gasteiger partial charge in [-0.3, -0.25) is 9.48 Å². The molecule has 4 rings (SSSR count). The minimum Gasteiger partial charge on any atom is -0.393 e. The second kappa shape index (κ2) is 5.77. The van der Waals surface area contributed by atoms with Crippen LogP contribution in [0.5, 0.6) is 0 Å². The zero-order valence-electron chi connectivity index (χ0n) is 12.9. The summed E-state index contributed by atoms with van der Waals surface area (Å²) in [6.45, 7) is 0.980. The standard InChI is InChI=1S/C17H20N4O2/c22-13-7-12(8-13)17(23)20-16-9-11(4-5-18-16)14-10-19-21-6-2-1-3-15(14)21/h4-5,9-10,12-13,22H,1-3,6-8H2,(H,18,20,23). The Kier molecular flexibility index (Phi) is 3.61. The number of nitrogens with one attached hydrogen (secondary N) is 1. The van der Waals surface area contributed by atoms with Gasteiger partial charge in [0.05, 0.1) is 12.3 Å². The largest absolute Gasteiger partial charge is 0.393 e. The number of aryl methyl sites for hydroxylation is 1. The number of rotatable bonds is 3. The second-order valence-corrected chi connectivity index (χ2v) is 6.43. The van der Waals surface area contributed by atoms with E-state index >= 15 is 0 Å². The van der Waals surface area contributed by atoms with Crippen molar-refractivity contribution in [2.24, 2.45) is 5.92 Å². The molecule has 23 heavy (non-hydrogen) atoms. The Morgan fingerprint density at radius 3 is 3.04 bits per heavy atom. The maximum atomic E-state index is 12.1. The minimum absolute atomic E-state index is 0.0583. The first-order valence-electron chi connectivity index (χ1n) is 8.21. The van der Waals surface area contributed by atoms with Crippen molar-refractivity contribution >= 4 is 11.7 Å². The molecule has 6 heteroatoms. The molecule has 1 amide bonds. The number of hydrogen-bond donors (Lipinski definition) is 2. The molecule has 0 atom stereocenters.